The number of aromatic nitrogens is 2. The van der Waals surface area contributed by atoms with E-state index >= 15 is 0 Å². The van der Waals surface area contributed by atoms with Gasteiger partial charge in [0.15, 0.2) is 5.69 Å². The fourth-order valence-electron chi connectivity index (χ4n) is 2.51. The van der Waals surface area contributed by atoms with Crippen LogP contribution in [0.5, 0.6) is 0 Å². The molecule has 0 bridgehead atoms. The van der Waals surface area contributed by atoms with Crippen LogP contribution in [0, 0.1) is 0 Å². The maximum atomic E-state index is 12.5. The summed E-state index contributed by atoms with van der Waals surface area (Å²) < 4.78 is 30.9. The number of hydrogen-bond donors (Lipinski definition) is 1. The quantitative estimate of drug-likeness (QED) is 0.481. The van der Waals surface area contributed by atoms with Crippen molar-refractivity contribution in [2.45, 2.75) is 25.0 Å². The van der Waals surface area contributed by atoms with Crippen LogP contribution in [-0.2, 0) is 12.3 Å². The topological polar surface area (TPSA) is 89.5 Å². The maximum absolute atomic E-state index is 12.5. The molecule has 0 aliphatic rings. The van der Waals surface area contributed by atoms with E-state index in [1.807, 2.05) is 0 Å². The molecule has 0 spiro atoms. The van der Waals surface area contributed by atoms with E-state index in [1.165, 1.54) is 10.9 Å². The molecule has 0 unspecified atom stereocenters. The molecule has 0 aliphatic carbocycles. The molecule has 1 N–H and O–H groups in total. The molecule has 0 saturated carbocycles. The summed E-state index contributed by atoms with van der Waals surface area (Å²) in [5, 5.41) is 8.74. The molecule has 1 aromatic carbocycles. The van der Waals surface area contributed by atoms with Crippen LogP contribution >= 0.6 is 11.8 Å². The lowest BCUT2D eigenvalue weighted by Crippen LogP contribution is -2.28. The molecule has 0 saturated heterocycles. The van der Waals surface area contributed by atoms with Gasteiger partial charge in [0.25, 0.3) is 17.2 Å². The van der Waals surface area contributed by atoms with E-state index in [1.54, 1.807) is 43.3 Å². The Hall–Kier alpha value is -3.01. The van der Waals surface area contributed by atoms with Gasteiger partial charge in [-0.05, 0) is 25.1 Å². The summed E-state index contributed by atoms with van der Waals surface area (Å²) in [5.74, 6) is -2.35. The lowest BCUT2D eigenvalue weighted by molar-refractivity contribution is 0.0949. The summed E-state index contributed by atoms with van der Waals surface area (Å²) >= 11 is 0.452. The Bertz CT molecular complexity index is 1080. The molecule has 1 amide bonds. The number of alkyl halides is 2. The van der Waals surface area contributed by atoms with Gasteiger partial charge in [0, 0.05) is 11.9 Å². The standard InChI is InChI=1S/C18H16F2N4O3S/c1-2-24-17(26)14-6-4-3-5-13(14)15(23-24)16(25)22-21-9-11-7-8-12(27-11)10-28-18(19)20/h3-9,18H,2,10H2,1H3,(H,22,25)/b21-9-. The summed E-state index contributed by atoms with van der Waals surface area (Å²) in [4.78, 5) is 24.8. The van der Waals surface area contributed by atoms with Crippen molar-refractivity contribution in [1.82, 2.24) is 15.2 Å². The van der Waals surface area contributed by atoms with Crippen LogP contribution in [0.25, 0.3) is 10.8 Å². The highest BCUT2D eigenvalue weighted by atomic mass is 32.2. The lowest BCUT2D eigenvalue weighted by Gasteiger charge is -2.08. The van der Waals surface area contributed by atoms with Crippen LogP contribution in [0.4, 0.5) is 8.78 Å². The highest BCUT2D eigenvalue weighted by molar-refractivity contribution is 7.98. The van der Waals surface area contributed by atoms with E-state index in [0.29, 0.717) is 40.6 Å². The molecular formula is C18H16F2N4O3S. The Kier molecular flexibility index (Phi) is 6.19. The fraction of sp³-hybridized carbons (Fsp3) is 0.222. The molecule has 0 radical (unpaired) electrons. The van der Waals surface area contributed by atoms with Gasteiger partial charge in [-0.2, -0.15) is 19.0 Å². The molecule has 10 heteroatoms. The van der Waals surface area contributed by atoms with Gasteiger partial charge in [0.05, 0.1) is 17.4 Å². The second-order valence-corrected chi connectivity index (χ2v) is 6.57. The molecule has 28 heavy (non-hydrogen) atoms. The predicted octanol–water partition coefficient (Wildman–Crippen LogP) is 3.23. The second-order valence-electron chi connectivity index (χ2n) is 5.59. The second kappa shape index (κ2) is 8.79. The van der Waals surface area contributed by atoms with Gasteiger partial charge in [0.1, 0.15) is 11.5 Å². The van der Waals surface area contributed by atoms with Gasteiger partial charge >= 0.3 is 0 Å². The van der Waals surface area contributed by atoms with Gasteiger partial charge in [-0.3, -0.25) is 9.59 Å². The summed E-state index contributed by atoms with van der Waals surface area (Å²) in [5.41, 5.74) is 2.13. The first-order valence-corrected chi connectivity index (χ1v) is 9.36. The van der Waals surface area contributed by atoms with E-state index < -0.39 is 11.7 Å². The number of thioether (sulfide) groups is 1. The third-order valence-corrected chi connectivity index (χ3v) is 4.48. The first-order chi connectivity index (χ1) is 13.5. The van der Waals surface area contributed by atoms with Crippen LogP contribution < -0.4 is 11.0 Å². The molecule has 146 valence electrons. The largest absolute Gasteiger partial charge is 0.459 e. The van der Waals surface area contributed by atoms with Crippen LogP contribution in [0.1, 0.15) is 28.9 Å². The summed E-state index contributed by atoms with van der Waals surface area (Å²) in [6, 6.07) is 9.81. The first kappa shape index (κ1) is 19.7. The summed E-state index contributed by atoms with van der Waals surface area (Å²) in [6.45, 7) is 2.07. The van der Waals surface area contributed by atoms with Crippen molar-refractivity contribution in [3.05, 3.63) is 64.0 Å². The highest BCUT2D eigenvalue weighted by Crippen LogP contribution is 2.20. The number of halogens is 2. The molecule has 0 atom stereocenters. The SMILES string of the molecule is CCn1nc(C(=O)N/N=C\c2ccc(CSC(F)F)o2)c2ccccc2c1=O. The smallest absolute Gasteiger partial charge is 0.292 e. The zero-order valence-corrected chi connectivity index (χ0v) is 15.6. The first-order valence-electron chi connectivity index (χ1n) is 8.31. The predicted molar refractivity (Wildman–Crippen MR) is 103 cm³/mol. The molecule has 7 nitrogen and oxygen atoms in total. The van der Waals surface area contributed by atoms with Gasteiger partial charge in [-0.15, -0.1) is 0 Å². The molecular weight excluding hydrogens is 390 g/mol. The minimum Gasteiger partial charge on any atom is -0.459 e. The monoisotopic (exact) mass is 406 g/mol. The molecule has 2 heterocycles. The number of carbonyl (C=O) groups excluding carboxylic acids is 1. The Morgan fingerprint density at radius 1 is 1.32 bits per heavy atom. The Morgan fingerprint density at radius 3 is 2.79 bits per heavy atom. The Morgan fingerprint density at radius 2 is 2.07 bits per heavy atom. The molecule has 2 aromatic heterocycles. The van der Waals surface area contributed by atoms with Crippen molar-refractivity contribution in [3.8, 4) is 0 Å². The molecule has 3 aromatic rings. The van der Waals surface area contributed by atoms with Crippen LogP contribution in [0.2, 0.25) is 0 Å². The van der Waals surface area contributed by atoms with Crippen molar-refractivity contribution in [3.63, 3.8) is 0 Å². The van der Waals surface area contributed by atoms with Gasteiger partial charge in [-0.1, -0.05) is 30.0 Å². The van der Waals surface area contributed by atoms with E-state index in [-0.39, 0.29) is 17.0 Å². The highest BCUT2D eigenvalue weighted by Gasteiger charge is 2.15. The number of nitrogens with one attached hydrogen (secondary N) is 1. The third-order valence-electron chi connectivity index (χ3n) is 3.77. The van der Waals surface area contributed by atoms with Gasteiger partial charge < -0.3 is 4.42 Å². The Labute approximate surface area is 162 Å². The minimum atomic E-state index is -2.48. The zero-order chi connectivity index (χ0) is 20.1. The molecule has 3 rings (SSSR count). The number of hydrogen-bond acceptors (Lipinski definition) is 6. The molecule has 0 fully saturated rings. The maximum Gasteiger partial charge on any atom is 0.292 e. The number of fused-ring (bicyclic) bond motifs is 1. The van der Waals surface area contributed by atoms with Gasteiger partial charge in [-0.25, -0.2) is 10.1 Å². The summed E-state index contributed by atoms with van der Waals surface area (Å²) in [7, 11) is 0. The van der Waals surface area contributed by atoms with E-state index in [2.05, 4.69) is 15.6 Å². The zero-order valence-electron chi connectivity index (χ0n) is 14.8. The number of furan rings is 1. The number of benzene rings is 1. The summed E-state index contributed by atoms with van der Waals surface area (Å²) in [6.07, 6.45) is 1.26. The number of nitrogens with zero attached hydrogens (tertiary/aromatic N) is 3. The van der Waals surface area contributed by atoms with Crippen molar-refractivity contribution >= 4 is 34.7 Å². The van der Waals surface area contributed by atoms with Crippen molar-refractivity contribution in [1.29, 1.82) is 0 Å². The minimum absolute atomic E-state index is 0.0341. The average Bonchev–Trinajstić information content (AvgIpc) is 3.14. The number of hydrazone groups is 1. The van der Waals surface area contributed by atoms with Crippen LogP contribution in [0.15, 0.2) is 50.7 Å². The number of amides is 1. The van der Waals surface area contributed by atoms with E-state index in [4.69, 9.17) is 4.42 Å². The molecule has 0 aliphatic heterocycles. The normalized spacial score (nSPS) is 11.6. The number of carbonyl (C=O) groups is 1. The van der Waals surface area contributed by atoms with Crippen molar-refractivity contribution < 1.29 is 18.0 Å². The van der Waals surface area contributed by atoms with Crippen molar-refractivity contribution in [2.24, 2.45) is 5.10 Å². The fourth-order valence-corrected chi connectivity index (χ4v) is 2.96. The average molecular weight is 406 g/mol. The van der Waals surface area contributed by atoms with Crippen LogP contribution in [0.3, 0.4) is 0 Å². The van der Waals surface area contributed by atoms with E-state index in [9.17, 15) is 18.4 Å². The van der Waals surface area contributed by atoms with Crippen LogP contribution in [-0.4, -0.2) is 27.7 Å². The van der Waals surface area contributed by atoms with Crippen molar-refractivity contribution in [2.75, 3.05) is 0 Å². The number of rotatable bonds is 7. The van der Waals surface area contributed by atoms with Gasteiger partial charge in [0.2, 0.25) is 0 Å². The lowest BCUT2D eigenvalue weighted by atomic mass is 10.1. The number of aryl methyl sites for hydroxylation is 1. The van der Waals surface area contributed by atoms with E-state index in [0.717, 1.165) is 0 Å². The Balaban J connectivity index is 1.76. The third kappa shape index (κ3) is 4.45.